The van der Waals surface area contributed by atoms with E-state index in [0.29, 0.717) is 10.7 Å². The van der Waals surface area contributed by atoms with Gasteiger partial charge in [-0.2, -0.15) is 0 Å². The number of benzene rings is 1. The first-order valence-electron chi connectivity index (χ1n) is 5.52. The third kappa shape index (κ3) is 2.93. The highest BCUT2D eigenvalue weighted by Crippen LogP contribution is 2.36. The normalized spacial score (nSPS) is 19.3. The average molecular weight is 305 g/mol. The second kappa shape index (κ2) is 4.90. The van der Waals surface area contributed by atoms with Crippen LogP contribution < -0.4 is 14.8 Å². The molecule has 0 radical (unpaired) electrons. The quantitative estimate of drug-likeness (QED) is 0.872. The second-order valence-corrected chi connectivity index (χ2v) is 6.59. The maximum Gasteiger partial charge on any atom is 0.258 e. The maximum absolute atomic E-state index is 11.8. The van der Waals surface area contributed by atoms with Crippen LogP contribution in [0.15, 0.2) is 18.2 Å². The van der Waals surface area contributed by atoms with Crippen LogP contribution in [-0.2, 0) is 14.8 Å². The number of carbonyl (C=O) groups excluding carboxylic acids is 1. The number of nitrogens with zero attached hydrogens (tertiary/aromatic N) is 1. The predicted octanol–water partition coefficient (Wildman–Crippen LogP) is 0.742. The van der Waals surface area contributed by atoms with Gasteiger partial charge in [-0.1, -0.05) is 11.6 Å². The van der Waals surface area contributed by atoms with Gasteiger partial charge >= 0.3 is 0 Å². The maximum atomic E-state index is 11.8. The first-order valence-corrected chi connectivity index (χ1v) is 7.75. The number of ether oxygens (including phenoxy) is 1. The summed E-state index contributed by atoms with van der Waals surface area (Å²) in [6.07, 6.45) is 0.420. The van der Waals surface area contributed by atoms with E-state index in [0.717, 1.165) is 10.6 Å². The molecule has 0 saturated carbocycles. The monoisotopic (exact) mass is 304 g/mol. The van der Waals surface area contributed by atoms with Gasteiger partial charge in [0.05, 0.1) is 11.9 Å². The molecule has 1 heterocycles. The van der Waals surface area contributed by atoms with Crippen molar-refractivity contribution in [2.45, 2.75) is 12.5 Å². The van der Waals surface area contributed by atoms with E-state index in [2.05, 4.69) is 0 Å². The number of anilines is 1. The van der Waals surface area contributed by atoms with Crippen LogP contribution in [0.4, 0.5) is 5.69 Å². The molecule has 1 aliphatic heterocycles. The zero-order chi connectivity index (χ0) is 14.2. The molecule has 0 spiro atoms. The van der Waals surface area contributed by atoms with Gasteiger partial charge in [0.25, 0.3) is 5.91 Å². The van der Waals surface area contributed by atoms with Gasteiger partial charge in [-0.3, -0.25) is 9.10 Å². The number of fused-ring (bicyclic) bond motifs is 1. The smallest absolute Gasteiger partial charge is 0.258 e. The highest BCUT2D eigenvalue weighted by atomic mass is 35.5. The molecule has 2 rings (SSSR count). The Morgan fingerprint density at radius 1 is 1.53 bits per heavy atom. The topological polar surface area (TPSA) is 89.7 Å². The van der Waals surface area contributed by atoms with Gasteiger partial charge in [0, 0.05) is 18.0 Å². The third-order valence-corrected chi connectivity index (χ3v) is 4.19. The van der Waals surface area contributed by atoms with Crippen molar-refractivity contribution in [2.24, 2.45) is 5.73 Å². The van der Waals surface area contributed by atoms with Crippen molar-refractivity contribution in [2.75, 3.05) is 17.1 Å². The number of nitrogens with two attached hydrogens (primary N) is 1. The molecule has 0 unspecified atom stereocenters. The number of primary amides is 1. The average Bonchev–Trinajstić information content (AvgIpc) is 2.47. The van der Waals surface area contributed by atoms with Crippen LogP contribution in [0.2, 0.25) is 5.02 Å². The van der Waals surface area contributed by atoms with Gasteiger partial charge < -0.3 is 10.5 Å². The van der Waals surface area contributed by atoms with Gasteiger partial charge in [-0.15, -0.1) is 0 Å². The molecule has 1 aromatic carbocycles. The number of amides is 1. The Morgan fingerprint density at radius 2 is 2.21 bits per heavy atom. The minimum atomic E-state index is -3.49. The fraction of sp³-hybridized carbons (Fsp3) is 0.364. The third-order valence-electron chi connectivity index (χ3n) is 2.77. The fourth-order valence-corrected chi connectivity index (χ4v) is 3.00. The van der Waals surface area contributed by atoms with Crippen molar-refractivity contribution < 1.29 is 17.9 Å². The van der Waals surface area contributed by atoms with Crippen molar-refractivity contribution in [1.82, 2.24) is 0 Å². The minimum absolute atomic E-state index is 0.111. The molecule has 1 atom stereocenters. The molecule has 2 N–H and O–H groups in total. The molecular formula is C11H13ClN2O4S. The van der Waals surface area contributed by atoms with Crippen LogP contribution in [0.25, 0.3) is 0 Å². The molecule has 0 aliphatic carbocycles. The standard InChI is InChI=1S/C11H13ClN2O4S/c1-19(16,17)14-5-4-10(11(13)15)18-9-3-2-7(12)6-8(9)14/h2-3,6,10H,4-5H2,1H3,(H2,13,15)/t10-/m0/s1. The van der Waals surface area contributed by atoms with E-state index >= 15 is 0 Å². The van der Waals surface area contributed by atoms with Crippen LogP contribution in [0.3, 0.4) is 0 Å². The lowest BCUT2D eigenvalue weighted by atomic mass is 10.2. The molecule has 8 heteroatoms. The van der Waals surface area contributed by atoms with Gasteiger partial charge in [-0.05, 0) is 18.2 Å². The fourth-order valence-electron chi connectivity index (χ4n) is 1.90. The molecule has 6 nitrogen and oxygen atoms in total. The lowest BCUT2D eigenvalue weighted by molar-refractivity contribution is -0.124. The van der Waals surface area contributed by atoms with E-state index in [9.17, 15) is 13.2 Å². The van der Waals surface area contributed by atoms with Crippen LogP contribution in [-0.4, -0.2) is 33.2 Å². The summed E-state index contributed by atoms with van der Waals surface area (Å²) in [6, 6.07) is 4.57. The molecule has 0 fully saturated rings. The molecule has 0 aromatic heterocycles. The van der Waals surface area contributed by atoms with E-state index in [1.807, 2.05) is 0 Å². The van der Waals surface area contributed by atoms with Gasteiger partial charge in [0.1, 0.15) is 5.75 Å². The molecule has 0 bridgehead atoms. The first kappa shape index (κ1) is 14.0. The molecule has 0 saturated heterocycles. The Morgan fingerprint density at radius 3 is 2.79 bits per heavy atom. The predicted molar refractivity (Wildman–Crippen MR) is 71.9 cm³/mol. The highest BCUT2D eigenvalue weighted by Gasteiger charge is 2.30. The molecular weight excluding hydrogens is 292 g/mol. The van der Waals surface area contributed by atoms with Crippen LogP contribution >= 0.6 is 11.6 Å². The summed E-state index contributed by atoms with van der Waals surface area (Å²) in [5, 5.41) is 0.383. The first-order chi connectivity index (χ1) is 8.79. The summed E-state index contributed by atoms with van der Waals surface area (Å²) < 4.78 is 30.2. The number of rotatable bonds is 2. The zero-order valence-electron chi connectivity index (χ0n) is 10.2. The number of halogens is 1. The lowest BCUT2D eigenvalue weighted by Crippen LogP contribution is -2.36. The Labute approximate surface area is 116 Å². The zero-order valence-corrected chi connectivity index (χ0v) is 11.7. The van der Waals surface area contributed by atoms with Crippen LogP contribution in [0.5, 0.6) is 5.75 Å². The Kier molecular flexibility index (Phi) is 3.60. The summed E-state index contributed by atoms with van der Waals surface area (Å²) in [5.74, 6) is -0.354. The van der Waals surface area contributed by atoms with E-state index in [1.54, 1.807) is 6.07 Å². The van der Waals surface area contributed by atoms with Crippen LogP contribution in [0.1, 0.15) is 6.42 Å². The summed E-state index contributed by atoms with van der Waals surface area (Å²) in [5.41, 5.74) is 5.54. The SMILES string of the molecule is CS(=O)(=O)N1CC[C@@H](C(N)=O)Oc2ccc(Cl)cc21. The van der Waals surface area contributed by atoms with Crippen molar-refractivity contribution in [3.8, 4) is 5.75 Å². The van der Waals surface area contributed by atoms with Crippen LogP contribution in [0, 0.1) is 0 Å². The Bertz CT molecular complexity index is 617. The summed E-state index contributed by atoms with van der Waals surface area (Å²) in [4.78, 5) is 11.2. The number of hydrogen-bond acceptors (Lipinski definition) is 4. The van der Waals surface area contributed by atoms with E-state index in [4.69, 9.17) is 22.1 Å². The summed E-state index contributed by atoms with van der Waals surface area (Å²) in [7, 11) is -3.49. The van der Waals surface area contributed by atoms with E-state index < -0.39 is 22.0 Å². The van der Waals surface area contributed by atoms with E-state index in [1.165, 1.54) is 12.1 Å². The Balaban J connectivity index is 2.53. The second-order valence-electron chi connectivity index (χ2n) is 4.24. The van der Waals surface area contributed by atoms with Gasteiger partial charge in [0.15, 0.2) is 6.10 Å². The summed E-state index contributed by atoms with van der Waals surface area (Å²) in [6.45, 7) is 0.111. The molecule has 1 aliphatic rings. The molecule has 104 valence electrons. The summed E-state index contributed by atoms with van der Waals surface area (Å²) >= 11 is 5.88. The van der Waals surface area contributed by atoms with Crippen molar-refractivity contribution >= 4 is 33.2 Å². The highest BCUT2D eigenvalue weighted by molar-refractivity contribution is 7.92. The minimum Gasteiger partial charge on any atom is -0.478 e. The molecule has 1 aromatic rings. The Hall–Kier alpha value is -1.47. The lowest BCUT2D eigenvalue weighted by Gasteiger charge is -2.21. The largest absolute Gasteiger partial charge is 0.478 e. The molecule has 1 amide bonds. The van der Waals surface area contributed by atoms with Crippen molar-refractivity contribution in [3.05, 3.63) is 23.2 Å². The van der Waals surface area contributed by atoms with Crippen molar-refractivity contribution in [3.63, 3.8) is 0 Å². The number of carbonyl (C=O) groups is 1. The number of hydrogen-bond donors (Lipinski definition) is 1. The van der Waals surface area contributed by atoms with Gasteiger partial charge in [0.2, 0.25) is 10.0 Å². The van der Waals surface area contributed by atoms with E-state index in [-0.39, 0.29) is 18.7 Å². The number of sulfonamides is 1. The van der Waals surface area contributed by atoms with Crippen molar-refractivity contribution in [1.29, 1.82) is 0 Å². The van der Waals surface area contributed by atoms with Gasteiger partial charge in [-0.25, -0.2) is 8.42 Å². The molecule has 19 heavy (non-hydrogen) atoms.